The average molecular weight is 369 g/mol. The third kappa shape index (κ3) is 2.76. The molecule has 0 radical (unpaired) electrons. The van der Waals surface area contributed by atoms with Crippen LogP contribution in [0.3, 0.4) is 0 Å². The van der Waals surface area contributed by atoms with E-state index in [-0.39, 0.29) is 17.8 Å². The number of nitrogens with zero attached hydrogens (tertiary/aromatic N) is 5. The molecule has 2 aromatic heterocycles. The van der Waals surface area contributed by atoms with Crippen molar-refractivity contribution in [3.8, 4) is 0 Å². The summed E-state index contributed by atoms with van der Waals surface area (Å²) in [4.78, 5) is 32.5. The molecule has 0 atom stereocenters. The number of hydrogen-bond donors (Lipinski definition) is 0. The van der Waals surface area contributed by atoms with Crippen LogP contribution in [0.2, 0.25) is 0 Å². The molecule has 1 aliphatic rings. The Morgan fingerprint density at radius 1 is 1.22 bits per heavy atom. The predicted molar refractivity (Wildman–Crippen MR) is 104 cm³/mol. The molecule has 27 heavy (non-hydrogen) atoms. The maximum atomic E-state index is 13.1. The number of ether oxygens (including phenoxy) is 1. The van der Waals surface area contributed by atoms with Crippen LogP contribution < -0.4 is 16.1 Å². The number of benzene rings is 1. The summed E-state index contributed by atoms with van der Waals surface area (Å²) in [7, 11) is 3.21. The van der Waals surface area contributed by atoms with E-state index in [4.69, 9.17) is 9.72 Å². The molecule has 0 fully saturated rings. The van der Waals surface area contributed by atoms with Crippen molar-refractivity contribution in [2.75, 3.05) is 25.2 Å². The number of anilines is 2. The van der Waals surface area contributed by atoms with Crippen LogP contribution in [-0.4, -0.2) is 38.9 Å². The molecule has 8 nitrogen and oxygen atoms in total. The lowest BCUT2D eigenvalue weighted by atomic mass is 10.2. The minimum absolute atomic E-state index is 0.222. The van der Waals surface area contributed by atoms with Crippen molar-refractivity contribution in [1.82, 2.24) is 18.7 Å². The van der Waals surface area contributed by atoms with Gasteiger partial charge in [-0.25, -0.2) is 4.79 Å². The Hall–Kier alpha value is -2.87. The summed E-state index contributed by atoms with van der Waals surface area (Å²) in [6, 6.07) is 8.21. The van der Waals surface area contributed by atoms with Crippen molar-refractivity contribution in [2.45, 2.75) is 26.4 Å². The zero-order valence-corrected chi connectivity index (χ0v) is 15.8. The number of aryl methyl sites for hydroxylation is 3. The molecule has 3 aromatic rings. The molecule has 0 unspecified atom stereocenters. The second-order valence-corrected chi connectivity index (χ2v) is 6.87. The van der Waals surface area contributed by atoms with Crippen LogP contribution in [0, 0.1) is 6.92 Å². The van der Waals surface area contributed by atoms with Gasteiger partial charge >= 0.3 is 5.69 Å². The monoisotopic (exact) mass is 369 g/mol. The van der Waals surface area contributed by atoms with Crippen molar-refractivity contribution in [3.05, 3.63) is 50.7 Å². The van der Waals surface area contributed by atoms with Gasteiger partial charge in [-0.1, -0.05) is 12.1 Å². The molecule has 0 amide bonds. The minimum atomic E-state index is -0.373. The highest BCUT2D eigenvalue weighted by molar-refractivity contribution is 5.77. The van der Waals surface area contributed by atoms with Crippen molar-refractivity contribution in [3.63, 3.8) is 0 Å². The lowest BCUT2D eigenvalue weighted by Gasteiger charge is -2.29. The van der Waals surface area contributed by atoms with Gasteiger partial charge in [0.25, 0.3) is 5.56 Å². The van der Waals surface area contributed by atoms with E-state index in [9.17, 15) is 9.59 Å². The largest absolute Gasteiger partial charge is 0.383 e. The number of methoxy groups -OCH3 is 1. The third-order valence-corrected chi connectivity index (χ3v) is 5.05. The molecule has 142 valence electrons. The maximum absolute atomic E-state index is 13.1. The van der Waals surface area contributed by atoms with Crippen LogP contribution in [0.15, 0.2) is 33.9 Å². The Labute approximate surface area is 156 Å². The second-order valence-electron chi connectivity index (χ2n) is 6.87. The van der Waals surface area contributed by atoms with Crippen LogP contribution in [0.4, 0.5) is 11.6 Å². The normalized spacial score (nSPS) is 14.0. The van der Waals surface area contributed by atoms with Crippen LogP contribution >= 0.6 is 0 Å². The zero-order chi connectivity index (χ0) is 19.1. The Morgan fingerprint density at radius 3 is 2.78 bits per heavy atom. The fourth-order valence-electron chi connectivity index (χ4n) is 3.69. The summed E-state index contributed by atoms with van der Waals surface area (Å²) in [6.45, 7) is 4.09. The summed E-state index contributed by atoms with van der Waals surface area (Å²) in [5, 5.41) is 0. The summed E-state index contributed by atoms with van der Waals surface area (Å²) >= 11 is 0. The smallest absolute Gasteiger partial charge is 0.332 e. The highest BCUT2D eigenvalue weighted by Crippen LogP contribution is 2.31. The van der Waals surface area contributed by atoms with E-state index in [1.54, 1.807) is 14.2 Å². The van der Waals surface area contributed by atoms with Gasteiger partial charge in [-0.2, -0.15) is 4.98 Å². The van der Waals surface area contributed by atoms with Crippen LogP contribution in [0.5, 0.6) is 0 Å². The number of imidazole rings is 1. The van der Waals surface area contributed by atoms with E-state index in [2.05, 4.69) is 24.0 Å². The molecule has 0 spiro atoms. The molecule has 0 aliphatic carbocycles. The van der Waals surface area contributed by atoms with Crippen molar-refractivity contribution in [2.24, 2.45) is 7.05 Å². The maximum Gasteiger partial charge on any atom is 0.332 e. The predicted octanol–water partition coefficient (Wildman–Crippen LogP) is 1.39. The highest BCUT2D eigenvalue weighted by Gasteiger charge is 2.26. The quantitative estimate of drug-likeness (QED) is 0.695. The molecular formula is C19H23N5O3. The van der Waals surface area contributed by atoms with Gasteiger partial charge in [0.05, 0.1) is 13.2 Å². The zero-order valence-electron chi connectivity index (χ0n) is 15.8. The second kappa shape index (κ2) is 6.70. The Balaban J connectivity index is 1.95. The summed E-state index contributed by atoms with van der Waals surface area (Å²) in [5.41, 5.74) is 2.41. The molecule has 8 heteroatoms. The summed E-state index contributed by atoms with van der Waals surface area (Å²) in [5.74, 6) is 0.707. The first-order valence-corrected chi connectivity index (χ1v) is 9.06. The van der Waals surface area contributed by atoms with Gasteiger partial charge in [0, 0.05) is 32.9 Å². The molecule has 3 heterocycles. The SMILES string of the molecule is COCCn1c(=O)c2c(nc3n2CCCN3c2cccc(C)c2)n(C)c1=O. The average Bonchev–Trinajstić information content (AvgIpc) is 3.06. The van der Waals surface area contributed by atoms with Gasteiger partial charge in [0.2, 0.25) is 5.95 Å². The highest BCUT2D eigenvalue weighted by atomic mass is 16.5. The number of hydrogen-bond acceptors (Lipinski definition) is 5. The Kier molecular flexibility index (Phi) is 4.35. The van der Waals surface area contributed by atoms with E-state index < -0.39 is 0 Å². The molecular weight excluding hydrogens is 346 g/mol. The van der Waals surface area contributed by atoms with Gasteiger partial charge in [-0.05, 0) is 31.0 Å². The number of fused-ring (bicyclic) bond motifs is 3. The summed E-state index contributed by atoms with van der Waals surface area (Å²) < 4.78 is 9.67. The third-order valence-electron chi connectivity index (χ3n) is 5.05. The fraction of sp³-hybridized carbons (Fsp3) is 0.421. The molecule has 1 aromatic carbocycles. The first-order valence-electron chi connectivity index (χ1n) is 9.06. The number of rotatable bonds is 4. The van der Waals surface area contributed by atoms with Crippen molar-refractivity contribution < 1.29 is 4.74 Å². The van der Waals surface area contributed by atoms with E-state index in [0.717, 1.165) is 24.2 Å². The van der Waals surface area contributed by atoms with Crippen LogP contribution in [0.1, 0.15) is 12.0 Å². The van der Waals surface area contributed by atoms with E-state index in [1.807, 2.05) is 16.7 Å². The van der Waals surface area contributed by atoms with Crippen molar-refractivity contribution in [1.29, 1.82) is 0 Å². The van der Waals surface area contributed by atoms with Crippen LogP contribution in [0.25, 0.3) is 11.2 Å². The number of aromatic nitrogens is 4. The van der Waals surface area contributed by atoms with E-state index >= 15 is 0 Å². The molecule has 0 saturated heterocycles. The van der Waals surface area contributed by atoms with Gasteiger partial charge in [-0.3, -0.25) is 13.9 Å². The first kappa shape index (κ1) is 17.5. The topological polar surface area (TPSA) is 74.3 Å². The molecule has 1 aliphatic heterocycles. The van der Waals surface area contributed by atoms with E-state index in [0.29, 0.717) is 30.3 Å². The molecule has 0 saturated carbocycles. The van der Waals surface area contributed by atoms with Crippen LogP contribution in [-0.2, 0) is 24.9 Å². The standard InChI is InChI=1S/C19H23N5O3/c1-13-6-4-7-14(12-13)22-8-5-9-23-15-16(20-18(22)23)21(2)19(26)24(17(15)25)10-11-27-3/h4,6-7,12H,5,8-11H2,1-3H3. The summed E-state index contributed by atoms with van der Waals surface area (Å²) in [6.07, 6.45) is 0.896. The minimum Gasteiger partial charge on any atom is -0.383 e. The fourth-order valence-corrected chi connectivity index (χ4v) is 3.69. The molecule has 0 N–H and O–H groups in total. The van der Waals surface area contributed by atoms with Gasteiger partial charge < -0.3 is 14.2 Å². The molecule has 0 bridgehead atoms. The lowest BCUT2D eigenvalue weighted by molar-refractivity contribution is 0.184. The first-order chi connectivity index (χ1) is 13.0. The Bertz CT molecular complexity index is 1120. The van der Waals surface area contributed by atoms with E-state index in [1.165, 1.54) is 9.13 Å². The van der Waals surface area contributed by atoms with Gasteiger partial charge in [0.15, 0.2) is 11.2 Å². The molecule has 4 rings (SSSR count). The van der Waals surface area contributed by atoms with Gasteiger partial charge in [-0.15, -0.1) is 0 Å². The van der Waals surface area contributed by atoms with Gasteiger partial charge in [0.1, 0.15) is 0 Å². The Morgan fingerprint density at radius 2 is 2.04 bits per heavy atom. The van der Waals surface area contributed by atoms with Crippen molar-refractivity contribution >= 4 is 22.8 Å². The lowest BCUT2D eigenvalue weighted by Crippen LogP contribution is -2.40.